The van der Waals surface area contributed by atoms with Gasteiger partial charge in [-0.2, -0.15) is 0 Å². The van der Waals surface area contributed by atoms with Crippen molar-refractivity contribution in [3.8, 4) is 0 Å². The first kappa shape index (κ1) is 13.6. The molecule has 0 bridgehead atoms. The van der Waals surface area contributed by atoms with E-state index in [0.717, 1.165) is 11.8 Å². The van der Waals surface area contributed by atoms with Gasteiger partial charge < -0.3 is 14.7 Å². The zero-order valence-corrected chi connectivity index (χ0v) is 12.4. The molecule has 1 aliphatic carbocycles. The number of nitrogens with zero attached hydrogens (tertiary/aromatic N) is 3. The molecule has 0 spiro atoms. The van der Waals surface area contributed by atoms with E-state index in [2.05, 4.69) is 33.9 Å². The summed E-state index contributed by atoms with van der Waals surface area (Å²) < 4.78 is 0. The van der Waals surface area contributed by atoms with E-state index in [1.807, 2.05) is 0 Å². The van der Waals surface area contributed by atoms with Crippen LogP contribution in [0.1, 0.15) is 19.3 Å². The van der Waals surface area contributed by atoms with Gasteiger partial charge in [-0.05, 0) is 51.2 Å². The molecule has 2 atom stereocenters. The maximum atomic E-state index is 2.72. The first-order chi connectivity index (χ1) is 9.31. The molecule has 0 saturated carbocycles. The smallest absolute Gasteiger partial charge is 0.0110 e. The number of piperazine rings is 1. The normalized spacial score (nSPS) is 33.7. The van der Waals surface area contributed by atoms with Crippen LogP contribution in [0.4, 0.5) is 0 Å². The van der Waals surface area contributed by atoms with Crippen LogP contribution >= 0.6 is 0 Å². The lowest BCUT2D eigenvalue weighted by Crippen LogP contribution is -2.45. The molecule has 2 aliphatic heterocycles. The van der Waals surface area contributed by atoms with Gasteiger partial charge in [-0.1, -0.05) is 12.2 Å². The van der Waals surface area contributed by atoms with E-state index in [4.69, 9.17) is 0 Å². The lowest BCUT2D eigenvalue weighted by Gasteiger charge is -2.32. The van der Waals surface area contributed by atoms with E-state index in [1.165, 1.54) is 71.6 Å². The van der Waals surface area contributed by atoms with E-state index < -0.39 is 0 Å². The van der Waals surface area contributed by atoms with Crippen LogP contribution in [0.3, 0.4) is 0 Å². The molecule has 108 valence electrons. The molecule has 19 heavy (non-hydrogen) atoms. The maximum absolute atomic E-state index is 2.72. The highest BCUT2D eigenvalue weighted by Crippen LogP contribution is 2.32. The second-order valence-electron chi connectivity index (χ2n) is 6.72. The molecule has 3 heteroatoms. The summed E-state index contributed by atoms with van der Waals surface area (Å²) >= 11 is 0. The quantitative estimate of drug-likeness (QED) is 0.712. The van der Waals surface area contributed by atoms with Crippen LogP contribution in [0.2, 0.25) is 0 Å². The predicted molar refractivity (Wildman–Crippen MR) is 80.3 cm³/mol. The maximum Gasteiger partial charge on any atom is 0.0110 e. The molecule has 2 fully saturated rings. The SMILES string of the molecule is CN1CCN(CCCN2C[C@H]3CC=CC[C@@H]3C2)CC1. The summed E-state index contributed by atoms with van der Waals surface area (Å²) in [4.78, 5) is 7.80. The number of fused-ring (bicyclic) bond motifs is 1. The van der Waals surface area contributed by atoms with Crippen molar-refractivity contribution in [3.63, 3.8) is 0 Å². The van der Waals surface area contributed by atoms with Crippen LogP contribution < -0.4 is 0 Å². The third kappa shape index (κ3) is 3.59. The van der Waals surface area contributed by atoms with E-state index in [0.29, 0.717) is 0 Å². The average Bonchev–Trinajstić information content (AvgIpc) is 2.83. The van der Waals surface area contributed by atoms with Crippen molar-refractivity contribution in [1.29, 1.82) is 0 Å². The van der Waals surface area contributed by atoms with Crippen molar-refractivity contribution in [2.24, 2.45) is 11.8 Å². The van der Waals surface area contributed by atoms with Gasteiger partial charge in [0.05, 0.1) is 0 Å². The van der Waals surface area contributed by atoms with Gasteiger partial charge in [-0.15, -0.1) is 0 Å². The Morgan fingerprint density at radius 1 is 0.842 bits per heavy atom. The lowest BCUT2D eigenvalue weighted by atomic mass is 9.86. The van der Waals surface area contributed by atoms with Crippen molar-refractivity contribution in [2.45, 2.75) is 19.3 Å². The molecule has 0 radical (unpaired) electrons. The van der Waals surface area contributed by atoms with Gasteiger partial charge in [-0.3, -0.25) is 0 Å². The molecule has 0 aromatic heterocycles. The Morgan fingerprint density at radius 2 is 1.42 bits per heavy atom. The van der Waals surface area contributed by atoms with Gasteiger partial charge in [0.2, 0.25) is 0 Å². The number of allylic oxidation sites excluding steroid dienone is 2. The van der Waals surface area contributed by atoms with E-state index >= 15 is 0 Å². The monoisotopic (exact) mass is 263 g/mol. The standard InChI is InChI=1S/C16H29N3/c1-17-9-11-18(12-10-17)7-4-8-19-13-15-5-2-3-6-16(15)14-19/h2-3,15-16H,4-14H2,1H3/t15-,16-/m1/s1. The minimum Gasteiger partial charge on any atom is -0.304 e. The summed E-state index contributed by atoms with van der Waals surface area (Å²) in [6, 6.07) is 0. The fourth-order valence-corrected chi connectivity index (χ4v) is 3.88. The topological polar surface area (TPSA) is 9.72 Å². The molecule has 2 saturated heterocycles. The van der Waals surface area contributed by atoms with E-state index in [9.17, 15) is 0 Å². The summed E-state index contributed by atoms with van der Waals surface area (Å²) in [5, 5.41) is 0. The van der Waals surface area contributed by atoms with Gasteiger partial charge in [0.25, 0.3) is 0 Å². The zero-order chi connectivity index (χ0) is 13.1. The predicted octanol–water partition coefficient (Wildman–Crippen LogP) is 1.52. The average molecular weight is 263 g/mol. The Hall–Kier alpha value is -0.380. The van der Waals surface area contributed by atoms with Crippen LogP contribution in [-0.2, 0) is 0 Å². The number of rotatable bonds is 4. The van der Waals surface area contributed by atoms with Gasteiger partial charge in [-0.25, -0.2) is 0 Å². The van der Waals surface area contributed by atoms with Crippen molar-refractivity contribution < 1.29 is 0 Å². The van der Waals surface area contributed by atoms with Gasteiger partial charge in [0, 0.05) is 39.3 Å². The van der Waals surface area contributed by atoms with Crippen LogP contribution in [0.5, 0.6) is 0 Å². The highest BCUT2D eigenvalue weighted by molar-refractivity contribution is 4.99. The zero-order valence-electron chi connectivity index (χ0n) is 12.4. The number of hydrogen-bond donors (Lipinski definition) is 0. The number of likely N-dealkylation sites (N-methyl/N-ethyl adjacent to an activating group) is 1. The van der Waals surface area contributed by atoms with Crippen LogP contribution in [0, 0.1) is 11.8 Å². The Kier molecular flexibility index (Phi) is 4.57. The number of likely N-dealkylation sites (tertiary alicyclic amines) is 1. The lowest BCUT2D eigenvalue weighted by molar-refractivity contribution is 0.147. The Labute approximate surface area is 118 Å². The molecule has 0 aromatic rings. The molecule has 0 N–H and O–H groups in total. The van der Waals surface area contributed by atoms with E-state index in [-0.39, 0.29) is 0 Å². The van der Waals surface area contributed by atoms with Gasteiger partial charge in [0.1, 0.15) is 0 Å². The molecule has 0 unspecified atom stereocenters. The van der Waals surface area contributed by atoms with Crippen LogP contribution in [0.25, 0.3) is 0 Å². The Balaban J connectivity index is 1.33. The minimum absolute atomic E-state index is 0.966. The minimum atomic E-state index is 0.966. The van der Waals surface area contributed by atoms with Crippen molar-refractivity contribution in [2.75, 3.05) is 59.4 Å². The fraction of sp³-hybridized carbons (Fsp3) is 0.875. The molecule has 3 aliphatic rings. The summed E-state index contributed by atoms with van der Waals surface area (Å²) in [7, 11) is 2.23. The molecule has 3 rings (SSSR count). The molecular formula is C16H29N3. The largest absolute Gasteiger partial charge is 0.304 e. The van der Waals surface area contributed by atoms with Crippen molar-refractivity contribution >= 4 is 0 Å². The fourth-order valence-electron chi connectivity index (χ4n) is 3.88. The molecular weight excluding hydrogens is 234 g/mol. The number of hydrogen-bond acceptors (Lipinski definition) is 3. The van der Waals surface area contributed by atoms with Crippen molar-refractivity contribution in [1.82, 2.24) is 14.7 Å². The third-order valence-electron chi connectivity index (χ3n) is 5.24. The summed E-state index contributed by atoms with van der Waals surface area (Å²) in [5.41, 5.74) is 0. The highest BCUT2D eigenvalue weighted by atomic mass is 15.2. The molecule has 2 heterocycles. The van der Waals surface area contributed by atoms with Gasteiger partial charge in [0.15, 0.2) is 0 Å². The second-order valence-corrected chi connectivity index (χ2v) is 6.72. The highest BCUT2D eigenvalue weighted by Gasteiger charge is 2.32. The summed E-state index contributed by atoms with van der Waals surface area (Å²) in [5.74, 6) is 1.93. The Bertz CT molecular complexity index is 291. The Morgan fingerprint density at radius 3 is 2.05 bits per heavy atom. The molecule has 0 aromatic carbocycles. The van der Waals surface area contributed by atoms with Crippen LogP contribution in [-0.4, -0.2) is 74.1 Å². The molecule has 3 nitrogen and oxygen atoms in total. The van der Waals surface area contributed by atoms with Gasteiger partial charge >= 0.3 is 0 Å². The third-order valence-corrected chi connectivity index (χ3v) is 5.24. The first-order valence-corrected chi connectivity index (χ1v) is 8.09. The summed E-state index contributed by atoms with van der Waals surface area (Å²) in [6.45, 7) is 10.4. The van der Waals surface area contributed by atoms with Crippen molar-refractivity contribution in [3.05, 3.63) is 12.2 Å². The molecule has 0 amide bonds. The summed E-state index contributed by atoms with van der Waals surface area (Å²) in [6.07, 6.45) is 8.82. The van der Waals surface area contributed by atoms with Crippen LogP contribution in [0.15, 0.2) is 12.2 Å². The first-order valence-electron chi connectivity index (χ1n) is 8.09. The second kappa shape index (κ2) is 6.38. The van der Waals surface area contributed by atoms with E-state index in [1.54, 1.807) is 0 Å².